The molecule has 0 aliphatic carbocycles. The van der Waals surface area contributed by atoms with E-state index in [1.54, 1.807) is 31.3 Å². The molecule has 0 N–H and O–H groups in total. The van der Waals surface area contributed by atoms with Gasteiger partial charge in [-0.05, 0) is 38.0 Å². The second kappa shape index (κ2) is 8.20. The molecule has 0 fully saturated rings. The Morgan fingerprint density at radius 2 is 2.14 bits per heavy atom. The fourth-order valence-electron chi connectivity index (χ4n) is 2.01. The summed E-state index contributed by atoms with van der Waals surface area (Å²) in [6.07, 6.45) is 4.43. The lowest BCUT2D eigenvalue weighted by molar-refractivity contribution is -0.143. The van der Waals surface area contributed by atoms with E-state index in [-0.39, 0.29) is 5.97 Å². The summed E-state index contributed by atoms with van der Waals surface area (Å²) in [6, 6.07) is 5.18. The van der Waals surface area contributed by atoms with Gasteiger partial charge in [-0.25, -0.2) is 4.98 Å². The Labute approximate surface area is 139 Å². The molecule has 0 amide bonds. The molecule has 2 rings (SSSR count). The van der Waals surface area contributed by atoms with E-state index in [9.17, 15) is 4.79 Å². The standard InChI is InChI=1S/C16H17Cl2NO3/c1-2-21-15(20)6-4-3-5-12-10-19-16(22-12)13-8-7-11(17)9-14(13)18/h7-10H,2-6H2,1H3. The van der Waals surface area contributed by atoms with Crippen LogP contribution in [0.1, 0.15) is 31.9 Å². The number of oxazole rings is 1. The third-order valence-corrected chi connectivity index (χ3v) is 3.62. The molecule has 0 saturated heterocycles. The monoisotopic (exact) mass is 341 g/mol. The lowest BCUT2D eigenvalue weighted by Crippen LogP contribution is -2.03. The molecule has 0 saturated carbocycles. The van der Waals surface area contributed by atoms with Gasteiger partial charge < -0.3 is 9.15 Å². The number of esters is 1. The largest absolute Gasteiger partial charge is 0.466 e. The van der Waals surface area contributed by atoms with Gasteiger partial charge in [-0.15, -0.1) is 0 Å². The van der Waals surface area contributed by atoms with Gasteiger partial charge in [0.25, 0.3) is 0 Å². The summed E-state index contributed by atoms with van der Waals surface area (Å²) in [5.74, 6) is 1.08. The molecule has 1 heterocycles. The first-order chi connectivity index (χ1) is 10.6. The molecule has 118 valence electrons. The Morgan fingerprint density at radius 1 is 1.32 bits per heavy atom. The SMILES string of the molecule is CCOC(=O)CCCCc1cnc(-c2ccc(Cl)cc2Cl)o1. The summed E-state index contributed by atoms with van der Waals surface area (Å²) < 4.78 is 10.6. The second-order valence-corrected chi connectivity index (χ2v) is 5.61. The molecule has 0 unspecified atom stereocenters. The first-order valence-electron chi connectivity index (χ1n) is 7.16. The molecule has 1 aromatic heterocycles. The van der Waals surface area contributed by atoms with E-state index in [1.807, 2.05) is 0 Å². The highest BCUT2D eigenvalue weighted by Gasteiger charge is 2.11. The number of carbonyl (C=O) groups excluding carboxylic acids is 1. The number of halogens is 2. The molecule has 0 spiro atoms. The summed E-state index contributed by atoms with van der Waals surface area (Å²) >= 11 is 12.0. The van der Waals surface area contributed by atoms with Gasteiger partial charge in [-0.3, -0.25) is 4.79 Å². The van der Waals surface area contributed by atoms with E-state index < -0.39 is 0 Å². The molecule has 2 aromatic rings. The molecule has 0 atom stereocenters. The number of nitrogens with zero attached hydrogens (tertiary/aromatic N) is 1. The Morgan fingerprint density at radius 3 is 2.86 bits per heavy atom. The van der Waals surface area contributed by atoms with Crippen molar-refractivity contribution >= 4 is 29.2 Å². The number of aromatic nitrogens is 1. The molecule has 1 aromatic carbocycles. The lowest BCUT2D eigenvalue weighted by Gasteiger charge is -2.01. The van der Waals surface area contributed by atoms with Crippen LogP contribution >= 0.6 is 23.2 Å². The molecule has 0 aliphatic heterocycles. The number of hydrogen-bond acceptors (Lipinski definition) is 4. The third kappa shape index (κ3) is 4.75. The van der Waals surface area contributed by atoms with Crippen molar-refractivity contribution < 1.29 is 13.9 Å². The molecule has 22 heavy (non-hydrogen) atoms. The zero-order valence-electron chi connectivity index (χ0n) is 12.3. The van der Waals surface area contributed by atoms with Gasteiger partial charge in [0.05, 0.1) is 23.4 Å². The highest BCUT2D eigenvalue weighted by molar-refractivity contribution is 6.36. The van der Waals surface area contributed by atoms with Crippen LogP contribution < -0.4 is 0 Å². The minimum absolute atomic E-state index is 0.159. The molecular weight excluding hydrogens is 325 g/mol. The summed E-state index contributed by atoms with van der Waals surface area (Å²) in [5.41, 5.74) is 0.712. The normalized spacial score (nSPS) is 10.7. The second-order valence-electron chi connectivity index (χ2n) is 4.77. The zero-order valence-corrected chi connectivity index (χ0v) is 13.8. The van der Waals surface area contributed by atoms with Crippen LogP contribution in [0.3, 0.4) is 0 Å². The molecule has 0 radical (unpaired) electrons. The summed E-state index contributed by atoms with van der Waals surface area (Å²) in [5, 5.41) is 1.07. The zero-order chi connectivity index (χ0) is 15.9. The highest BCUT2D eigenvalue weighted by Crippen LogP contribution is 2.30. The number of hydrogen-bond donors (Lipinski definition) is 0. The molecular formula is C16H17Cl2NO3. The van der Waals surface area contributed by atoms with E-state index in [1.165, 1.54) is 0 Å². The van der Waals surface area contributed by atoms with Crippen LogP contribution in [0.4, 0.5) is 0 Å². The number of carbonyl (C=O) groups is 1. The van der Waals surface area contributed by atoms with Gasteiger partial charge in [0.2, 0.25) is 5.89 Å². The van der Waals surface area contributed by atoms with Crippen molar-refractivity contribution in [3.63, 3.8) is 0 Å². The maximum atomic E-state index is 11.2. The van der Waals surface area contributed by atoms with Crippen LogP contribution in [0.2, 0.25) is 10.0 Å². The van der Waals surface area contributed by atoms with Crippen LogP contribution in [0.5, 0.6) is 0 Å². The minimum Gasteiger partial charge on any atom is -0.466 e. The quantitative estimate of drug-likeness (QED) is 0.529. The number of benzene rings is 1. The van der Waals surface area contributed by atoms with Gasteiger partial charge in [0, 0.05) is 17.9 Å². The van der Waals surface area contributed by atoms with Gasteiger partial charge >= 0.3 is 5.97 Å². The molecule has 0 aliphatic rings. The van der Waals surface area contributed by atoms with E-state index in [2.05, 4.69) is 4.98 Å². The number of ether oxygens (including phenoxy) is 1. The van der Waals surface area contributed by atoms with Crippen LogP contribution in [0.25, 0.3) is 11.5 Å². The fourth-order valence-corrected chi connectivity index (χ4v) is 2.50. The predicted molar refractivity (Wildman–Crippen MR) is 86.1 cm³/mol. The maximum Gasteiger partial charge on any atom is 0.305 e. The summed E-state index contributed by atoms with van der Waals surface area (Å²) in [4.78, 5) is 15.5. The smallest absolute Gasteiger partial charge is 0.305 e. The van der Waals surface area contributed by atoms with Gasteiger partial charge in [-0.2, -0.15) is 0 Å². The maximum absolute atomic E-state index is 11.2. The van der Waals surface area contributed by atoms with E-state index >= 15 is 0 Å². The Kier molecular flexibility index (Phi) is 6.28. The van der Waals surface area contributed by atoms with Crippen molar-refractivity contribution in [3.05, 3.63) is 40.2 Å². The van der Waals surface area contributed by atoms with Crippen molar-refractivity contribution in [1.29, 1.82) is 0 Å². The van der Waals surface area contributed by atoms with Crippen LogP contribution in [0, 0.1) is 0 Å². The van der Waals surface area contributed by atoms with Crippen molar-refractivity contribution in [1.82, 2.24) is 4.98 Å². The van der Waals surface area contributed by atoms with E-state index in [0.29, 0.717) is 34.5 Å². The average molecular weight is 342 g/mol. The fraction of sp³-hybridized carbons (Fsp3) is 0.375. The van der Waals surface area contributed by atoms with Crippen molar-refractivity contribution in [2.24, 2.45) is 0 Å². The lowest BCUT2D eigenvalue weighted by atomic mass is 10.2. The van der Waals surface area contributed by atoms with Crippen molar-refractivity contribution in [3.8, 4) is 11.5 Å². The summed E-state index contributed by atoms with van der Waals surface area (Å²) in [6.45, 7) is 2.22. The van der Waals surface area contributed by atoms with E-state index in [0.717, 1.165) is 25.0 Å². The summed E-state index contributed by atoms with van der Waals surface area (Å²) in [7, 11) is 0. The van der Waals surface area contributed by atoms with Crippen LogP contribution in [-0.2, 0) is 16.0 Å². The first-order valence-corrected chi connectivity index (χ1v) is 7.91. The molecule has 4 nitrogen and oxygen atoms in total. The molecule has 6 heteroatoms. The van der Waals surface area contributed by atoms with Crippen LogP contribution in [0.15, 0.2) is 28.8 Å². The Hall–Kier alpha value is -1.52. The average Bonchev–Trinajstić information content (AvgIpc) is 2.92. The van der Waals surface area contributed by atoms with Gasteiger partial charge in [0.15, 0.2) is 0 Å². The predicted octanol–water partition coefficient (Wildman–Crippen LogP) is 4.92. The van der Waals surface area contributed by atoms with E-state index in [4.69, 9.17) is 32.4 Å². The van der Waals surface area contributed by atoms with Crippen molar-refractivity contribution in [2.45, 2.75) is 32.6 Å². The van der Waals surface area contributed by atoms with Gasteiger partial charge in [-0.1, -0.05) is 23.2 Å². The Bertz CT molecular complexity index is 640. The van der Waals surface area contributed by atoms with Crippen LogP contribution in [-0.4, -0.2) is 17.6 Å². The number of rotatable bonds is 7. The van der Waals surface area contributed by atoms with Gasteiger partial charge in [0.1, 0.15) is 5.76 Å². The van der Waals surface area contributed by atoms with Crippen molar-refractivity contribution in [2.75, 3.05) is 6.61 Å². The number of aryl methyl sites for hydroxylation is 1. The Balaban J connectivity index is 1.88. The first kappa shape index (κ1) is 16.8. The highest BCUT2D eigenvalue weighted by atomic mass is 35.5. The topological polar surface area (TPSA) is 52.3 Å². The minimum atomic E-state index is -0.159. The number of unbranched alkanes of at least 4 members (excludes halogenated alkanes) is 1. The third-order valence-electron chi connectivity index (χ3n) is 3.07. The molecule has 0 bridgehead atoms.